The highest BCUT2D eigenvalue weighted by Gasteiger charge is 2.34. The van der Waals surface area contributed by atoms with Crippen LogP contribution in [-0.4, -0.2) is 37.2 Å². The minimum atomic E-state index is -0.809. The van der Waals surface area contributed by atoms with Crippen LogP contribution in [0.25, 0.3) is 0 Å². The van der Waals surface area contributed by atoms with Crippen molar-refractivity contribution in [3.63, 3.8) is 0 Å². The molecule has 0 saturated heterocycles. The third kappa shape index (κ3) is 5.51. The van der Waals surface area contributed by atoms with Gasteiger partial charge >= 0.3 is 5.97 Å². The van der Waals surface area contributed by atoms with Gasteiger partial charge in [-0.25, -0.2) is 0 Å². The molecule has 25 heavy (non-hydrogen) atoms. The number of methoxy groups -OCH3 is 1. The standard InChI is InChI=1S/C17H25ClN2O5/c1-4-17(5-2,16(22)23)10-20-8-11-6-12(18)15(13(7-11)24-3)25-9-14(19)21/h6-7,20H,4-5,8-10H2,1-3H3,(H2,19,21)(H,22,23). The van der Waals surface area contributed by atoms with Crippen molar-refractivity contribution < 1.29 is 24.2 Å². The Balaban J connectivity index is 2.85. The Kier molecular flexibility index (Phi) is 7.99. The van der Waals surface area contributed by atoms with Gasteiger partial charge in [0.15, 0.2) is 18.1 Å². The molecule has 140 valence electrons. The van der Waals surface area contributed by atoms with Crippen LogP contribution in [0.1, 0.15) is 32.3 Å². The average molecular weight is 373 g/mol. The number of rotatable bonds is 11. The third-order valence-corrected chi connectivity index (χ3v) is 4.53. The lowest BCUT2D eigenvalue weighted by Crippen LogP contribution is -2.40. The predicted octanol–water partition coefficient (Wildman–Crippen LogP) is 2.19. The van der Waals surface area contributed by atoms with Crippen LogP contribution < -0.4 is 20.5 Å². The normalized spacial score (nSPS) is 11.2. The van der Waals surface area contributed by atoms with E-state index in [1.54, 1.807) is 12.1 Å². The number of carboxylic acids is 1. The summed E-state index contributed by atoms with van der Waals surface area (Å²) < 4.78 is 10.5. The molecule has 0 spiro atoms. The third-order valence-electron chi connectivity index (χ3n) is 4.25. The van der Waals surface area contributed by atoms with E-state index < -0.39 is 17.3 Å². The molecular formula is C17H25ClN2O5. The molecule has 8 heteroatoms. The lowest BCUT2D eigenvalue weighted by molar-refractivity contribution is -0.149. The molecule has 0 heterocycles. The summed E-state index contributed by atoms with van der Waals surface area (Å²) in [4.78, 5) is 22.4. The number of carboxylic acid groups (broad SMARTS) is 1. The molecule has 0 unspecified atom stereocenters. The van der Waals surface area contributed by atoms with Crippen LogP contribution in [0, 0.1) is 5.41 Å². The predicted molar refractivity (Wildman–Crippen MR) is 95.1 cm³/mol. The van der Waals surface area contributed by atoms with E-state index in [1.165, 1.54) is 7.11 Å². The lowest BCUT2D eigenvalue weighted by Gasteiger charge is -2.27. The van der Waals surface area contributed by atoms with E-state index >= 15 is 0 Å². The van der Waals surface area contributed by atoms with E-state index in [1.807, 2.05) is 13.8 Å². The Morgan fingerprint density at radius 3 is 2.44 bits per heavy atom. The number of nitrogens with one attached hydrogen (secondary N) is 1. The molecule has 0 aliphatic carbocycles. The minimum Gasteiger partial charge on any atom is -0.493 e. The summed E-state index contributed by atoms with van der Waals surface area (Å²) in [5.41, 5.74) is 5.08. The molecule has 0 saturated carbocycles. The van der Waals surface area contributed by atoms with Crippen LogP contribution in [0.4, 0.5) is 0 Å². The van der Waals surface area contributed by atoms with Crippen molar-refractivity contribution in [2.45, 2.75) is 33.2 Å². The number of nitrogens with two attached hydrogens (primary N) is 1. The Labute approximate surface area is 152 Å². The summed E-state index contributed by atoms with van der Waals surface area (Å²) in [6.07, 6.45) is 1.08. The van der Waals surface area contributed by atoms with Gasteiger partial charge in [0.2, 0.25) is 0 Å². The van der Waals surface area contributed by atoms with E-state index in [4.69, 9.17) is 26.8 Å². The first-order valence-electron chi connectivity index (χ1n) is 8.01. The van der Waals surface area contributed by atoms with E-state index in [9.17, 15) is 14.7 Å². The Hall–Kier alpha value is -1.99. The molecule has 1 amide bonds. The van der Waals surface area contributed by atoms with Crippen LogP contribution in [-0.2, 0) is 16.1 Å². The van der Waals surface area contributed by atoms with Crippen molar-refractivity contribution in [2.24, 2.45) is 11.1 Å². The number of ether oxygens (including phenoxy) is 2. The topological polar surface area (TPSA) is 111 Å². The zero-order valence-electron chi connectivity index (χ0n) is 14.7. The van der Waals surface area contributed by atoms with Gasteiger partial charge in [0.05, 0.1) is 17.5 Å². The average Bonchev–Trinajstić information content (AvgIpc) is 2.57. The maximum absolute atomic E-state index is 11.5. The summed E-state index contributed by atoms with van der Waals surface area (Å²) in [6.45, 7) is 4.19. The van der Waals surface area contributed by atoms with Gasteiger partial charge in [-0.3, -0.25) is 9.59 Å². The second-order valence-electron chi connectivity index (χ2n) is 5.76. The van der Waals surface area contributed by atoms with E-state index in [0.29, 0.717) is 31.7 Å². The maximum atomic E-state index is 11.5. The molecule has 0 atom stereocenters. The van der Waals surface area contributed by atoms with E-state index in [0.717, 1.165) is 5.56 Å². The molecular weight excluding hydrogens is 348 g/mol. The van der Waals surface area contributed by atoms with Gasteiger partial charge in [-0.05, 0) is 30.5 Å². The minimum absolute atomic E-state index is 0.244. The number of primary amides is 1. The number of halogens is 1. The molecule has 7 nitrogen and oxygen atoms in total. The van der Waals surface area contributed by atoms with Crippen LogP contribution in [0.15, 0.2) is 12.1 Å². The van der Waals surface area contributed by atoms with Gasteiger partial charge in [-0.1, -0.05) is 25.4 Å². The van der Waals surface area contributed by atoms with Gasteiger partial charge in [0.1, 0.15) is 0 Å². The van der Waals surface area contributed by atoms with Crippen LogP contribution in [0.3, 0.4) is 0 Å². The van der Waals surface area contributed by atoms with Crippen molar-refractivity contribution in [1.29, 1.82) is 0 Å². The highest BCUT2D eigenvalue weighted by atomic mass is 35.5. The summed E-state index contributed by atoms with van der Waals surface area (Å²) in [6, 6.07) is 3.39. The maximum Gasteiger partial charge on any atom is 0.310 e. The second-order valence-corrected chi connectivity index (χ2v) is 6.17. The first kappa shape index (κ1) is 21.1. The van der Waals surface area contributed by atoms with Crippen molar-refractivity contribution in [3.8, 4) is 11.5 Å². The van der Waals surface area contributed by atoms with E-state index in [2.05, 4.69) is 5.32 Å². The zero-order valence-corrected chi connectivity index (χ0v) is 15.5. The zero-order chi connectivity index (χ0) is 19.0. The summed E-state index contributed by atoms with van der Waals surface area (Å²) in [7, 11) is 1.46. The summed E-state index contributed by atoms with van der Waals surface area (Å²) in [5, 5.41) is 12.9. The number of carbonyl (C=O) groups is 2. The van der Waals surface area contributed by atoms with Gasteiger partial charge < -0.3 is 25.6 Å². The number of amides is 1. The van der Waals surface area contributed by atoms with Crippen molar-refractivity contribution >= 4 is 23.5 Å². The molecule has 0 bridgehead atoms. The molecule has 0 radical (unpaired) electrons. The van der Waals surface area contributed by atoms with Crippen LogP contribution in [0.5, 0.6) is 11.5 Å². The molecule has 1 aromatic carbocycles. The van der Waals surface area contributed by atoms with Crippen LogP contribution >= 0.6 is 11.6 Å². The molecule has 0 aliphatic heterocycles. The highest BCUT2D eigenvalue weighted by Crippen LogP contribution is 2.36. The lowest BCUT2D eigenvalue weighted by atomic mass is 9.82. The van der Waals surface area contributed by atoms with Crippen molar-refractivity contribution in [2.75, 3.05) is 20.3 Å². The quantitative estimate of drug-likeness (QED) is 0.549. The summed E-state index contributed by atoms with van der Waals surface area (Å²) in [5.74, 6) is -0.807. The number of aliphatic carboxylic acids is 1. The monoisotopic (exact) mass is 372 g/mol. The fourth-order valence-electron chi connectivity index (χ4n) is 2.48. The molecule has 1 rings (SSSR count). The Morgan fingerprint density at radius 2 is 1.96 bits per heavy atom. The molecule has 0 aliphatic rings. The number of hydrogen-bond donors (Lipinski definition) is 3. The SMILES string of the molecule is CCC(CC)(CNCc1cc(Cl)c(OCC(N)=O)c(OC)c1)C(=O)O. The van der Waals surface area contributed by atoms with Gasteiger partial charge in [0.25, 0.3) is 5.91 Å². The van der Waals surface area contributed by atoms with Gasteiger partial charge in [-0.2, -0.15) is 0 Å². The highest BCUT2D eigenvalue weighted by molar-refractivity contribution is 6.32. The number of carbonyl (C=O) groups excluding carboxylic acids is 1. The van der Waals surface area contributed by atoms with Crippen LogP contribution in [0.2, 0.25) is 5.02 Å². The fraction of sp³-hybridized carbons (Fsp3) is 0.529. The second kappa shape index (κ2) is 9.48. The van der Waals surface area contributed by atoms with Gasteiger partial charge in [-0.15, -0.1) is 0 Å². The first-order chi connectivity index (χ1) is 11.8. The Morgan fingerprint density at radius 1 is 1.32 bits per heavy atom. The van der Waals surface area contributed by atoms with Crippen molar-refractivity contribution in [1.82, 2.24) is 5.32 Å². The van der Waals surface area contributed by atoms with Crippen molar-refractivity contribution in [3.05, 3.63) is 22.7 Å². The first-order valence-corrected chi connectivity index (χ1v) is 8.39. The fourth-order valence-corrected chi connectivity index (χ4v) is 2.77. The smallest absolute Gasteiger partial charge is 0.310 e. The molecule has 0 aromatic heterocycles. The Bertz CT molecular complexity index is 617. The molecule has 1 aromatic rings. The number of hydrogen-bond acceptors (Lipinski definition) is 5. The largest absolute Gasteiger partial charge is 0.493 e. The van der Waals surface area contributed by atoms with Gasteiger partial charge in [0, 0.05) is 13.1 Å². The summed E-state index contributed by atoms with van der Waals surface area (Å²) >= 11 is 6.19. The molecule has 0 fully saturated rings. The molecule has 4 N–H and O–H groups in total. The van der Waals surface area contributed by atoms with E-state index in [-0.39, 0.29) is 17.4 Å². The number of benzene rings is 1.